The quantitative estimate of drug-likeness (QED) is 0.444. The molecule has 1 heterocycles. The van der Waals surface area contributed by atoms with Crippen molar-refractivity contribution in [2.75, 3.05) is 5.75 Å². The van der Waals surface area contributed by atoms with Crippen LogP contribution in [0.3, 0.4) is 0 Å². The van der Waals surface area contributed by atoms with Crippen LogP contribution in [0.1, 0.15) is 12.5 Å². The van der Waals surface area contributed by atoms with Gasteiger partial charge in [0.05, 0.1) is 0 Å². The summed E-state index contributed by atoms with van der Waals surface area (Å²) >= 11 is 8.35. The first-order valence-electron chi connectivity index (χ1n) is 6.65. The van der Waals surface area contributed by atoms with E-state index in [4.69, 9.17) is 17.0 Å². The summed E-state index contributed by atoms with van der Waals surface area (Å²) in [6.45, 7) is 1.94. The first-order valence-corrected chi connectivity index (χ1v) is 9.68. The lowest BCUT2D eigenvalue weighted by Crippen LogP contribution is -2.12. The number of rotatable bonds is 6. The Morgan fingerprint density at radius 2 is 2.13 bits per heavy atom. The Balaban J connectivity index is 1.72. The van der Waals surface area contributed by atoms with Gasteiger partial charge in [-0.3, -0.25) is 9.89 Å². The van der Waals surface area contributed by atoms with E-state index in [2.05, 4.69) is 10.2 Å². The molecular weight excluding hydrogens is 372 g/mol. The van der Waals surface area contributed by atoms with Crippen molar-refractivity contribution in [1.29, 1.82) is 0 Å². The number of carbonyl (C=O) groups is 2. The number of aromatic amines is 1. The smallest absolute Gasteiger partial charge is 0.375 e. The maximum atomic E-state index is 12.0. The molecule has 0 radical (unpaired) electrons. The molecule has 0 bridgehead atoms. The molecule has 2 rings (SSSR count). The third kappa shape index (κ3) is 6.46. The Labute approximate surface area is 151 Å². The van der Waals surface area contributed by atoms with Crippen molar-refractivity contribution in [3.8, 4) is 0 Å². The second kappa shape index (κ2) is 9.21. The molecule has 1 N–H and O–H groups in total. The van der Waals surface area contributed by atoms with Gasteiger partial charge in [0.15, 0.2) is 8.29 Å². The van der Waals surface area contributed by atoms with Crippen molar-refractivity contribution in [3.05, 3.63) is 39.8 Å². The lowest BCUT2D eigenvalue weighted by molar-refractivity contribution is -0.113. The van der Waals surface area contributed by atoms with Gasteiger partial charge in [-0.1, -0.05) is 60.4 Å². The van der Waals surface area contributed by atoms with E-state index in [9.17, 15) is 9.59 Å². The Morgan fingerprint density at radius 3 is 2.78 bits per heavy atom. The molecular formula is C14H14N2O3S4. The molecule has 0 saturated heterocycles. The van der Waals surface area contributed by atoms with Gasteiger partial charge in [-0.05, 0) is 17.8 Å². The number of aromatic nitrogens is 2. The largest absolute Gasteiger partial charge is 0.452 e. The van der Waals surface area contributed by atoms with E-state index in [1.807, 2.05) is 30.3 Å². The molecule has 5 nitrogen and oxygen atoms in total. The Morgan fingerprint density at radius 1 is 1.39 bits per heavy atom. The van der Waals surface area contributed by atoms with Crippen LogP contribution in [0.4, 0.5) is 4.79 Å². The Kier molecular flexibility index (Phi) is 7.28. The number of benzene rings is 1. The zero-order valence-electron chi connectivity index (χ0n) is 12.2. The summed E-state index contributed by atoms with van der Waals surface area (Å²) in [6, 6.07) is 9.34. The normalized spacial score (nSPS) is 11.9. The maximum Gasteiger partial charge on any atom is 0.375 e. The molecule has 23 heavy (non-hydrogen) atoms. The molecule has 0 saturated carbocycles. The number of H-pyrrole nitrogens is 1. The van der Waals surface area contributed by atoms with Gasteiger partial charge in [-0.15, -0.1) is 0 Å². The fourth-order valence-corrected chi connectivity index (χ4v) is 4.27. The van der Waals surface area contributed by atoms with E-state index in [1.54, 1.807) is 6.92 Å². The van der Waals surface area contributed by atoms with E-state index >= 15 is 0 Å². The highest BCUT2D eigenvalue weighted by molar-refractivity contribution is 8.25. The third-order valence-corrected chi connectivity index (χ3v) is 6.04. The van der Waals surface area contributed by atoms with Crippen molar-refractivity contribution >= 4 is 57.5 Å². The molecule has 0 aliphatic rings. The van der Waals surface area contributed by atoms with Crippen LogP contribution < -0.4 is 0 Å². The summed E-state index contributed by atoms with van der Waals surface area (Å²) in [5.74, 6) is 0.250. The van der Waals surface area contributed by atoms with Gasteiger partial charge in [0.25, 0.3) is 0 Å². The SMILES string of the molecule is CC(CSc1n[nH]c(=S)s1)C(=O)SC(=O)OCc1ccccc1. The van der Waals surface area contributed by atoms with Crippen LogP contribution in [0.5, 0.6) is 0 Å². The molecule has 2 aromatic rings. The van der Waals surface area contributed by atoms with Crippen molar-refractivity contribution in [1.82, 2.24) is 10.2 Å². The van der Waals surface area contributed by atoms with Gasteiger partial charge in [0.2, 0.25) is 5.12 Å². The number of hydrogen-bond acceptors (Lipinski definition) is 8. The van der Waals surface area contributed by atoms with E-state index in [-0.39, 0.29) is 17.6 Å². The molecule has 1 aromatic carbocycles. The summed E-state index contributed by atoms with van der Waals surface area (Å²) in [5.41, 5.74) is 0.886. The van der Waals surface area contributed by atoms with E-state index < -0.39 is 5.30 Å². The van der Waals surface area contributed by atoms with Crippen molar-refractivity contribution in [3.63, 3.8) is 0 Å². The second-order valence-electron chi connectivity index (χ2n) is 4.54. The average Bonchev–Trinajstić information content (AvgIpc) is 2.97. The maximum absolute atomic E-state index is 12.0. The zero-order chi connectivity index (χ0) is 16.7. The second-order valence-corrected chi connectivity index (χ2v) is 8.41. The van der Waals surface area contributed by atoms with Crippen LogP contribution in [-0.2, 0) is 16.1 Å². The number of carbonyl (C=O) groups excluding carboxylic acids is 2. The van der Waals surface area contributed by atoms with E-state index in [0.717, 1.165) is 9.90 Å². The number of nitrogens with one attached hydrogen (secondary N) is 1. The van der Waals surface area contributed by atoms with Gasteiger partial charge in [-0.25, -0.2) is 4.79 Å². The van der Waals surface area contributed by atoms with Gasteiger partial charge in [0.1, 0.15) is 6.61 Å². The standard InChI is InChI=1S/C14H14N2O3S4/c1-9(8-21-13-16-15-12(20)23-13)11(17)22-14(18)19-7-10-5-3-2-4-6-10/h2-6,9H,7-8H2,1H3,(H,15,20). The fraction of sp³-hybridized carbons (Fsp3) is 0.286. The lowest BCUT2D eigenvalue weighted by atomic mass is 10.2. The highest BCUT2D eigenvalue weighted by Gasteiger charge is 2.19. The van der Waals surface area contributed by atoms with E-state index in [0.29, 0.717) is 21.5 Å². The van der Waals surface area contributed by atoms with Gasteiger partial charge in [0, 0.05) is 23.4 Å². The molecule has 0 amide bonds. The Hall–Kier alpha value is -1.16. The fourth-order valence-electron chi connectivity index (χ4n) is 1.47. The van der Waals surface area contributed by atoms with Crippen LogP contribution in [0.25, 0.3) is 0 Å². The molecule has 1 aromatic heterocycles. The third-order valence-electron chi connectivity index (χ3n) is 2.66. The van der Waals surface area contributed by atoms with Crippen LogP contribution in [0.15, 0.2) is 34.7 Å². The van der Waals surface area contributed by atoms with Gasteiger partial charge in [-0.2, -0.15) is 5.10 Å². The molecule has 0 spiro atoms. The minimum absolute atomic E-state index is 0.166. The molecule has 0 fully saturated rings. The lowest BCUT2D eigenvalue weighted by Gasteiger charge is -2.08. The molecule has 0 aliphatic carbocycles. The molecule has 1 unspecified atom stereocenters. The van der Waals surface area contributed by atoms with Crippen LogP contribution in [0.2, 0.25) is 0 Å². The van der Waals surface area contributed by atoms with E-state index in [1.165, 1.54) is 23.1 Å². The average molecular weight is 387 g/mol. The summed E-state index contributed by atoms with van der Waals surface area (Å²) < 4.78 is 6.47. The zero-order valence-corrected chi connectivity index (χ0v) is 15.4. The minimum Gasteiger partial charge on any atom is -0.452 e. The number of thioether (sulfide) groups is 2. The van der Waals surface area contributed by atoms with Crippen LogP contribution >= 0.6 is 47.1 Å². The van der Waals surface area contributed by atoms with Crippen LogP contribution in [0, 0.1) is 9.87 Å². The number of ether oxygens (including phenoxy) is 1. The number of hydrogen-bond donors (Lipinski definition) is 1. The van der Waals surface area contributed by atoms with Gasteiger partial charge >= 0.3 is 5.30 Å². The number of nitrogens with zero attached hydrogens (tertiary/aromatic N) is 1. The predicted octanol–water partition coefficient (Wildman–Crippen LogP) is 4.53. The summed E-state index contributed by atoms with van der Waals surface area (Å²) in [4.78, 5) is 23.7. The van der Waals surface area contributed by atoms with Gasteiger partial charge < -0.3 is 4.74 Å². The van der Waals surface area contributed by atoms with Crippen LogP contribution in [-0.4, -0.2) is 26.4 Å². The monoisotopic (exact) mass is 386 g/mol. The molecule has 0 aliphatic heterocycles. The Bertz CT molecular complexity index is 714. The molecule has 1 atom stereocenters. The summed E-state index contributed by atoms with van der Waals surface area (Å²) in [7, 11) is 0. The minimum atomic E-state index is -0.578. The first-order chi connectivity index (χ1) is 11.0. The first kappa shape index (κ1) is 18.2. The van der Waals surface area contributed by atoms with Crippen molar-refractivity contribution in [2.24, 2.45) is 5.92 Å². The molecule has 9 heteroatoms. The summed E-state index contributed by atoms with van der Waals surface area (Å²) in [5, 5.41) is 5.91. The highest BCUT2D eigenvalue weighted by Crippen LogP contribution is 2.25. The van der Waals surface area contributed by atoms with Crippen molar-refractivity contribution in [2.45, 2.75) is 17.9 Å². The predicted molar refractivity (Wildman–Crippen MR) is 96.4 cm³/mol. The summed E-state index contributed by atoms with van der Waals surface area (Å²) in [6.07, 6.45) is 0. The molecule has 122 valence electrons. The topological polar surface area (TPSA) is 72.0 Å². The van der Waals surface area contributed by atoms with Crippen molar-refractivity contribution < 1.29 is 14.3 Å². The highest BCUT2D eigenvalue weighted by atomic mass is 32.2.